The Morgan fingerprint density at radius 3 is 1.86 bits per heavy atom. The number of fused-ring (bicyclic) bond motifs is 15. The van der Waals surface area contributed by atoms with Gasteiger partial charge in [0.15, 0.2) is 5.78 Å². The lowest BCUT2D eigenvalue weighted by Crippen LogP contribution is -2.56. The van der Waals surface area contributed by atoms with Crippen LogP contribution in [-0.4, -0.2) is 65.4 Å². The zero-order valence-electron chi connectivity index (χ0n) is 35.7. The minimum absolute atomic E-state index is 0.00479. The van der Waals surface area contributed by atoms with Crippen molar-refractivity contribution in [2.75, 3.05) is 0 Å². The Balaban J connectivity index is 1.27. The highest BCUT2D eigenvalue weighted by atomic mass is 16.5. The molecule has 0 saturated heterocycles. The van der Waals surface area contributed by atoms with Crippen LogP contribution >= 0.6 is 0 Å². The lowest BCUT2D eigenvalue weighted by molar-refractivity contribution is -0.135. The molecule has 11 bridgehead atoms. The number of ketones is 1. The summed E-state index contributed by atoms with van der Waals surface area (Å²) < 4.78 is 12.7. The maximum atomic E-state index is 15.0. The van der Waals surface area contributed by atoms with E-state index < -0.39 is 77.7 Å². The molecule has 0 aliphatic carbocycles. The van der Waals surface area contributed by atoms with Gasteiger partial charge >= 0.3 is 0 Å². The molecule has 5 aromatic carbocycles. The van der Waals surface area contributed by atoms with Gasteiger partial charge < -0.3 is 47.1 Å². The van der Waals surface area contributed by atoms with E-state index in [1.54, 1.807) is 115 Å². The highest BCUT2D eigenvalue weighted by Gasteiger charge is 2.36. The summed E-state index contributed by atoms with van der Waals surface area (Å²) in [6.07, 6.45) is 0.0431. The van der Waals surface area contributed by atoms with Crippen LogP contribution in [0.3, 0.4) is 0 Å². The fourth-order valence-electron chi connectivity index (χ4n) is 8.00. The third kappa shape index (κ3) is 9.87. The van der Waals surface area contributed by atoms with Crippen molar-refractivity contribution in [2.45, 2.75) is 75.9 Å². The van der Waals surface area contributed by atoms with Crippen molar-refractivity contribution in [3.63, 3.8) is 0 Å². The highest BCUT2D eigenvalue weighted by molar-refractivity contribution is 5.99. The normalized spacial score (nSPS) is 22.5. The van der Waals surface area contributed by atoms with E-state index in [9.17, 15) is 33.6 Å². The third-order valence-electron chi connectivity index (χ3n) is 11.5. The summed E-state index contributed by atoms with van der Waals surface area (Å²) in [5, 5.41) is 16.6. The summed E-state index contributed by atoms with van der Waals surface area (Å²) in [7, 11) is 0. The van der Waals surface area contributed by atoms with Crippen molar-refractivity contribution < 1.29 is 43.0 Å². The zero-order chi connectivity index (χ0) is 45.9. The van der Waals surface area contributed by atoms with E-state index >= 15 is 0 Å². The first kappa shape index (κ1) is 43.8. The van der Waals surface area contributed by atoms with Gasteiger partial charge in [0.25, 0.3) is 0 Å². The Labute approximate surface area is 374 Å². The molecule has 16 heteroatoms. The number of ether oxygens (including phenoxy) is 2. The maximum Gasteiger partial charge on any atom is 0.248 e. The van der Waals surface area contributed by atoms with Crippen LogP contribution in [0.5, 0.6) is 23.0 Å². The van der Waals surface area contributed by atoms with E-state index in [4.69, 9.17) is 15.2 Å². The number of nitrogens with two attached hydrogens (primary N) is 1. The molecule has 5 aliphatic heterocycles. The van der Waals surface area contributed by atoms with Crippen LogP contribution in [0.1, 0.15) is 66.7 Å². The fourth-order valence-corrected chi connectivity index (χ4v) is 8.00. The molecule has 332 valence electrons. The van der Waals surface area contributed by atoms with Crippen LogP contribution < -0.4 is 47.1 Å². The van der Waals surface area contributed by atoms with Gasteiger partial charge in [0.2, 0.25) is 35.4 Å². The van der Waals surface area contributed by atoms with Gasteiger partial charge in [-0.1, -0.05) is 66.7 Å². The van der Waals surface area contributed by atoms with Gasteiger partial charge in [0, 0.05) is 18.9 Å². The summed E-state index contributed by atoms with van der Waals surface area (Å²) in [4.78, 5) is 97.9. The van der Waals surface area contributed by atoms with Crippen LogP contribution in [0.4, 0.5) is 0 Å². The first-order chi connectivity index (χ1) is 31.2. The molecule has 7 unspecified atom stereocenters. The van der Waals surface area contributed by atoms with Crippen LogP contribution in [0.25, 0.3) is 11.1 Å². The predicted molar refractivity (Wildman–Crippen MR) is 237 cm³/mol. The molecule has 65 heavy (non-hydrogen) atoms. The number of carbonyl (C=O) groups excluding carboxylic acids is 7. The van der Waals surface area contributed by atoms with Crippen LogP contribution in [0.2, 0.25) is 0 Å². The topological polar surface area (TPSA) is 236 Å². The van der Waals surface area contributed by atoms with Crippen LogP contribution in [0, 0.1) is 0 Å². The van der Waals surface area contributed by atoms with E-state index in [-0.39, 0.29) is 35.7 Å². The smallest absolute Gasteiger partial charge is 0.248 e. The van der Waals surface area contributed by atoms with Gasteiger partial charge in [-0.15, -0.1) is 0 Å². The van der Waals surface area contributed by atoms with Gasteiger partial charge in [-0.2, -0.15) is 0 Å². The number of rotatable bonds is 3. The molecule has 8 N–H and O–H groups in total. The Morgan fingerprint density at radius 1 is 0.615 bits per heavy atom. The summed E-state index contributed by atoms with van der Waals surface area (Å²) in [6.45, 7) is 4.29. The maximum absolute atomic E-state index is 15.0. The van der Waals surface area contributed by atoms with Gasteiger partial charge in [-0.05, 0) is 102 Å². The zero-order valence-corrected chi connectivity index (χ0v) is 35.7. The molecule has 10 rings (SSSR count). The first-order valence-corrected chi connectivity index (χ1v) is 21.1. The van der Waals surface area contributed by atoms with Gasteiger partial charge in [0.05, 0.1) is 6.04 Å². The van der Waals surface area contributed by atoms with Crippen LogP contribution in [-0.2, 0) is 46.4 Å². The molecule has 0 spiro atoms. The van der Waals surface area contributed by atoms with E-state index in [1.165, 1.54) is 20.8 Å². The Hall–Kier alpha value is -7.85. The number of carbonyl (C=O) groups is 7. The molecule has 5 aromatic rings. The lowest BCUT2D eigenvalue weighted by atomic mass is 9.90. The Morgan fingerprint density at radius 2 is 1.22 bits per heavy atom. The molecule has 0 saturated carbocycles. The number of amides is 6. The SMILES string of the molecule is CC(=O)C1NC(=O)C2Cc3ccc(cc3)Oc3cc4cc(c3)C(NC(=O)C(C)NC(=O)C(NC(=O)C(C)N)Cc3ccc(cc3)O4)C(=O)NC(C(=O)N2)c2cccc(c2)-c2ccccc21. The van der Waals surface area contributed by atoms with E-state index in [0.29, 0.717) is 44.9 Å². The van der Waals surface area contributed by atoms with Crippen LogP contribution in [0.15, 0.2) is 115 Å². The molecule has 16 nitrogen and oxygen atoms in total. The standard InChI is InChI=1S/C49H47N7O9/c1-25(50)44(58)52-39-19-28-11-15-33(16-12-28)64-35-22-32-23-36(24-35)65-34-17-13-29(14-18-34)20-40-47(61)54-41(27(3)57)38-10-5-4-9-37(38)30-7-6-8-31(21-30)42(48(62)53-40)56-49(63)43(32)55-45(59)26(2)51-46(39)60/h4-18,21-26,39-43H,19-20,50H2,1-3H3,(H,51,60)(H,52,58)(H,53,62)(H,54,61)(H,55,59)(H,56,63). The average molecular weight is 878 g/mol. The van der Waals surface area contributed by atoms with Crippen molar-refractivity contribution in [3.05, 3.63) is 143 Å². The predicted octanol–water partition coefficient (Wildman–Crippen LogP) is 3.65. The number of benzene rings is 5. The first-order valence-electron chi connectivity index (χ1n) is 21.1. The Bertz CT molecular complexity index is 2700. The van der Waals surface area contributed by atoms with Crippen molar-refractivity contribution >= 4 is 41.2 Å². The lowest BCUT2D eigenvalue weighted by Gasteiger charge is -2.29. The molecular weight excluding hydrogens is 831 g/mol. The average Bonchev–Trinajstić information content (AvgIpc) is 3.28. The quantitative estimate of drug-likeness (QED) is 0.139. The summed E-state index contributed by atoms with van der Waals surface area (Å²) in [6, 6.07) is 23.8. The molecular formula is C49H47N7O9. The summed E-state index contributed by atoms with van der Waals surface area (Å²) in [5.74, 6) is -3.38. The molecule has 5 aliphatic rings. The minimum Gasteiger partial charge on any atom is -0.457 e. The highest BCUT2D eigenvalue weighted by Crippen LogP contribution is 2.35. The number of Topliss-reactive ketones (excluding diaryl/α,β-unsaturated/α-hetero) is 1. The van der Waals surface area contributed by atoms with Gasteiger partial charge in [0.1, 0.15) is 59.2 Å². The molecule has 0 aromatic heterocycles. The second kappa shape index (κ2) is 18.5. The summed E-state index contributed by atoms with van der Waals surface area (Å²) in [5.41, 5.74) is 9.41. The van der Waals surface area contributed by atoms with Crippen molar-refractivity contribution in [1.29, 1.82) is 0 Å². The summed E-state index contributed by atoms with van der Waals surface area (Å²) >= 11 is 0. The number of hydrogen-bond donors (Lipinski definition) is 7. The molecule has 5 heterocycles. The van der Waals surface area contributed by atoms with Gasteiger partial charge in [-0.25, -0.2) is 0 Å². The molecule has 6 amide bonds. The monoisotopic (exact) mass is 877 g/mol. The largest absolute Gasteiger partial charge is 0.457 e. The Kier molecular flexibility index (Phi) is 12.4. The fraction of sp³-hybridized carbons (Fsp3) is 0.245. The molecule has 0 fully saturated rings. The minimum atomic E-state index is -1.56. The van der Waals surface area contributed by atoms with Crippen molar-refractivity contribution in [1.82, 2.24) is 31.9 Å². The number of nitrogens with one attached hydrogen (secondary N) is 6. The second-order valence-corrected chi connectivity index (χ2v) is 16.4. The third-order valence-corrected chi connectivity index (χ3v) is 11.5. The second-order valence-electron chi connectivity index (χ2n) is 16.4. The molecule has 0 radical (unpaired) electrons. The molecule has 7 atom stereocenters. The van der Waals surface area contributed by atoms with Crippen molar-refractivity contribution in [2.24, 2.45) is 5.73 Å². The van der Waals surface area contributed by atoms with E-state index in [1.807, 2.05) is 0 Å². The van der Waals surface area contributed by atoms with E-state index in [2.05, 4.69) is 31.9 Å². The van der Waals surface area contributed by atoms with Crippen molar-refractivity contribution in [3.8, 4) is 34.1 Å². The number of hydrogen-bond acceptors (Lipinski definition) is 10. The van der Waals surface area contributed by atoms with E-state index in [0.717, 1.165) is 0 Å². The van der Waals surface area contributed by atoms with Gasteiger partial charge in [-0.3, -0.25) is 33.6 Å².